The standard InChI is InChI=1S/C12H9N/c1-2-4-11(5-3-1)10-12-6-8-13-9-7-12/h1-9H. The van der Waals surface area contributed by atoms with Crippen molar-refractivity contribution in [2.24, 2.45) is 0 Å². The molecule has 0 amide bonds. The highest BCUT2D eigenvalue weighted by atomic mass is 14.8. The van der Waals surface area contributed by atoms with E-state index in [1.54, 1.807) is 12.4 Å². The molecule has 0 bridgehead atoms. The highest BCUT2D eigenvalue weighted by Crippen LogP contribution is 2.11. The maximum Gasteiger partial charge on any atom is 0.122 e. The average molecular weight is 167 g/mol. The third-order valence-electron chi connectivity index (χ3n) is 1.74. The van der Waals surface area contributed by atoms with Crippen LogP contribution < -0.4 is 0 Å². The SMILES string of the molecule is [C+](=C1C=C[N-]C=C1)c1ccccc1. The minimum atomic E-state index is 1.06. The van der Waals surface area contributed by atoms with Crippen LogP contribution in [0.15, 0.2) is 60.5 Å². The van der Waals surface area contributed by atoms with Gasteiger partial charge in [0.2, 0.25) is 0 Å². The van der Waals surface area contributed by atoms with Crippen molar-refractivity contribution in [1.29, 1.82) is 0 Å². The summed E-state index contributed by atoms with van der Waals surface area (Å²) in [6, 6.07) is 10.1. The zero-order chi connectivity index (χ0) is 8.93. The van der Waals surface area contributed by atoms with Gasteiger partial charge in [0.25, 0.3) is 0 Å². The third kappa shape index (κ3) is 2.05. The molecular formula is C12H9N. The maximum absolute atomic E-state index is 3.95. The summed E-state index contributed by atoms with van der Waals surface area (Å²) in [5, 5.41) is 3.95. The molecule has 0 fully saturated rings. The van der Waals surface area contributed by atoms with E-state index in [1.807, 2.05) is 42.5 Å². The van der Waals surface area contributed by atoms with Gasteiger partial charge in [-0.3, -0.25) is 0 Å². The first-order valence-corrected chi connectivity index (χ1v) is 4.17. The van der Waals surface area contributed by atoms with E-state index in [4.69, 9.17) is 0 Å². The third-order valence-corrected chi connectivity index (χ3v) is 1.74. The fraction of sp³-hybridized carbons (Fsp3) is 0. The second kappa shape index (κ2) is 3.70. The molecule has 1 aliphatic heterocycles. The summed E-state index contributed by atoms with van der Waals surface area (Å²) >= 11 is 0. The lowest BCUT2D eigenvalue weighted by molar-refractivity contribution is 1.49. The molecule has 0 spiro atoms. The van der Waals surface area contributed by atoms with Crippen molar-refractivity contribution < 1.29 is 0 Å². The van der Waals surface area contributed by atoms with E-state index in [2.05, 4.69) is 11.4 Å². The van der Waals surface area contributed by atoms with Crippen LogP contribution in [0.3, 0.4) is 0 Å². The van der Waals surface area contributed by atoms with Crippen LogP contribution in [0.5, 0.6) is 0 Å². The summed E-state index contributed by atoms with van der Waals surface area (Å²) in [4.78, 5) is 0. The van der Waals surface area contributed by atoms with Crippen LogP contribution in [-0.2, 0) is 0 Å². The lowest BCUT2D eigenvalue weighted by Gasteiger charge is -2.07. The monoisotopic (exact) mass is 167 g/mol. The summed E-state index contributed by atoms with van der Waals surface area (Å²) < 4.78 is 0. The van der Waals surface area contributed by atoms with E-state index in [0.29, 0.717) is 0 Å². The van der Waals surface area contributed by atoms with Crippen LogP contribution in [-0.4, -0.2) is 0 Å². The molecule has 0 aliphatic carbocycles. The topological polar surface area (TPSA) is 14.1 Å². The van der Waals surface area contributed by atoms with Crippen LogP contribution >= 0.6 is 0 Å². The van der Waals surface area contributed by atoms with Gasteiger partial charge in [0.15, 0.2) is 0 Å². The van der Waals surface area contributed by atoms with Crippen LogP contribution in [0.1, 0.15) is 5.56 Å². The lowest BCUT2D eigenvalue weighted by atomic mass is 10.1. The van der Waals surface area contributed by atoms with Crippen LogP contribution in [0.2, 0.25) is 0 Å². The summed E-state index contributed by atoms with van der Waals surface area (Å²) in [5.74, 6) is 0. The number of rotatable bonds is 1. The quantitative estimate of drug-likeness (QED) is 0.570. The molecule has 62 valence electrons. The van der Waals surface area contributed by atoms with Crippen molar-refractivity contribution in [2.45, 2.75) is 0 Å². The van der Waals surface area contributed by atoms with E-state index in [1.165, 1.54) is 0 Å². The molecule has 0 saturated carbocycles. The molecule has 0 radical (unpaired) electrons. The van der Waals surface area contributed by atoms with Gasteiger partial charge >= 0.3 is 0 Å². The summed E-state index contributed by atoms with van der Waals surface area (Å²) in [5.41, 5.74) is 2.15. The Hall–Kier alpha value is -1.85. The molecule has 0 atom stereocenters. The van der Waals surface area contributed by atoms with Crippen molar-refractivity contribution >= 4 is 0 Å². The molecular weight excluding hydrogens is 158 g/mol. The first-order chi connectivity index (χ1) is 6.45. The fourth-order valence-electron chi connectivity index (χ4n) is 1.12. The predicted molar refractivity (Wildman–Crippen MR) is 53.9 cm³/mol. The Balaban J connectivity index is 2.25. The highest BCUT2D eigenvalue weighted by Gasteiger charge is 1.97. The summed E-state index contributed by atoms with van der Waals surface area (Å²) in [7, 11) is 0. The number of hydrogen-bond acceptors (Lipinski definition) is 0. The molecule has 1 heteroatoms. The summed E-state index contributed by atoms with van der Waals surface area (Å²) in [6.45, 7) is 0. The second-order valence-electron chi connectivity index (χ2n) is 2.73. The second-order valence-corrected chi connectivity index (χ2v) is 2.73. The predicted octanol–water partition coefficient (Wildman–Crippen LogP) is 3.18. The van der Waals surface area contributed by atoms with E-state index in [0.717, 1.165) is 11.1 Å². The molecule has 0 saturated heterocycles. The molecule has 1 aromatic rings. The maximum atomic E-state index is 3.95. The van der Waals surface area contributed by atoms with E-state index in [-0.39, 0.29) is 0 Å². The van der Waals surface area contributed by atoms with Gasteiger partial charge in [-0.2, -0.15) is 0 Å². The van der Waals surface area contributed by atoms with Crippen LogP contribution in [0.4, 0.5) is 0 Å². The fourth-order valence-corrected chi connectivity index (χ4v) is 1.12. The number of nitrogens with zero attached hydrogens (tertiary/aromatic N) is 1. The van der Waals surface area contributed by atoms with Gasteiger partial charge in [-0.05, 0) is 30.4 Å². The molecule has 0 N–H and O–H groups in total. The first-order valence-electron chi connectivity index (χ1n) is 4.17. The van der Waals surface area contributed by atoms with Crippen molar-refractivity contribution in [3.05, 3.63) is 77.4 Å². The minimum absolute atomic E-state index is 1.06. The lowest BCUT2D eigenvalue weighted by Crippen LogP contribution is -1.80. The Kier molecular flexibility index (Phi) is 2.22. The Morgan fingerprint density at radius 1 is 0.923 bits per heavy atom. The normalized spacial score (nSPS) is 13.7. The van der Waals surface area contributed by atoms with Crippen molar-refractivity contribution in [2.75, 3.05) is 0 Å². The Morgan fingerprint density at radius 2 is 1.62 bits per heavy atom. The van der Waals surface area contributed by atoms with Gasteiger partial charge in [0.1, 0.15) is 11.1 Å². The molecule has 1 aliphatic rings. The summed E-state index contributed by atoms with van der Waals surface area (Å²) in [6.07, 6.45) is 10.7. The van der Waals surface area contributed by atoms with Crippen LogP contribution in [0, 0.1) is 6.08 Å². The molecule has 0 unspecified atom stereocenters. The van der Waals surface area contributed by atoms with Crippen LogP contribution in [0.25, 0.3) is 5.32 Å². The molecule has 13 heavy (non-hydrogen) atoms. The van der Waals surface area contributed by atoms with E-state index in [9.17, 15) is 0 Å². The molecule has 2 rings (SSSR count). The average Bonchev–Trinajstić information content (AvgIpc) is 2.21. The zero-order valence-corrected chi connectivity index (χ0v) is 7.14. The Labute approximate surface area is 78.1 Å². The molecule has 1 nitrogen and oxygen atoms in total. The van der Waals surface area contributed by atoms with Gasteiger partial charge in [-0.15, -0.1) is 12.4 Å². The van der Waals surface area contributed by atoms with E-state index >= 15 is 0 Å². The van der Waals surface area contributed by atoms with Gasteiger partial charge in [-0.1, -0.05) is 0 Å². The van der Waals surface area contributed by atoms with Gasteiger partial charge < -0.3 is 5.32 Å². The zero-order valence-electron chi connectivity index (χ0n) is 7.14. The first kappa shape index (κ1) is 7.78. The number of benzene rings is 1. The smallest absolute Gasteiger partial charge is 0.122 e. The minimum Gasteiger partial charge on any atom is -0.657 e. The van der Waals surface area contributed by atoms with Crippen molar-refractivity contribution in [3.8, 4) is 0 Å². The highest BCUT2D eigenvalue weighted by molar-refractivity contribution is 5.41. The van der Waals surface area contributed by atoms with Crippen molar-refractivity contribution in [1.82, 2.24) is 0 Å². The van der Waals surface area contributed by atoms with Gasteiger partial charge in [0, 0.05) is 18.2 Å². The van der Waals surface area contributed by atoms with Gasteiger partial charge in [-0.25, -0.2) is 0 Å². The largest absolute Gasteiger partial charge is 0.657 e. The Morgan fingerprint density at radius 3 is 2.31 bits per heavy atom. The number of hydrogen-bond donors (Lipinski definition) is 0. The molecule has 1 heterocycles. The van der Waals surface area contributed by atoms with Gasteiger partial charge in [0.05, 0.1) is 0 Å². The van der Waals surface area contributed by atoms with E-state index < -0.39 is 0 Å². The molecule has 0 aromatic heterocycles. The number of allylic oxidation sites excluding steroid dienone is 3. The Bertz CT molecular complexity index is 344. The van der Waals surface area contributed by atoms with Crippen molar-refractivity contribution in [3.63, 3.8) is 0 Å². The molecule has 1 aromatic carbocycles.